The van der Waals surface area contributed by atoms with E-state index in [1.54, 1.807) is 0 Å². The molecule has 0 aromatic heterocycles. The fraction of sp³-hybridized carbons (Fsp3) is 0.889. The van der Waals surface area contributed by atoms with Crippen LogP contribution in [0.25, 0.3) is 0 Å². The van der Waals surface area contributed by atoms with Crippen LogP contribution in [0.3, 0.4) is 0 Å². The summed E-state index contributed by atoms with van der Waals surface area (Å²) in [4.78, 5) is 11.1. The molecule has 0 bridgehead atoms. The fourth-order valence-electron chi connectivity index (χ4n) is 0.897. The Morgan fingerprint density at radius 2 is 1.86 bits per heavy atom. The van der Waals surface area contributed by atoms with Crippen LogP contribution in [0.2, 0.25) is 0 Å². The van der Waals surface area contributed by atoms with Crippen LogP contribution in [-0.4, -0.2) is 31.0 Å². The van der Waals surface area contributed by atoms with Crippen molar-refractivity contribution in [3.05, 3.63) is 0 Å². The molecule has 0 radical (unpaired) electrons. The van der Waals surface area contributed by atoms with E-state index in [4.69, 9.17) is 0 Å². The van der Waals surface area contributed by atoms with Crippen LogP contribution >= 0.6 is 0 Å². The summed E-state index contributed by atoms with van der Waals surface area (Å²) in [5, 5.41) is 5.25. The highest BCUT2D eigenvalue weighted by molar-refractivity contribution is 5.76. The molecular weight excluding hydrogens is 190 g/mol. The maximum atomic E-state index is 12.0. The van der Waals surface area contributed by atoms with E-state index in [1.165, 1.54) is 6.92 Å². The molecule has 0 rings (SSSR count). The van der Waals surface area contributed by atoms with E-state index in [1.807, 2.05) is 13.8 Å². The highest BCUT2D eigenvalue weighted by atomic mass is 19.3. The highest BCUT2D eigenvalue weighted by Crippen LogP contribution is 1.98. The normalized spacial score (nSPS) is 13.4. The second kappa shape index (κ2) is 6.70. The molecule has 0 fully saturated rings. The number of amides is 1. The molecule has 0 aliphatic heterocycles. The van der Waals surface area contributed by atoms with E-state index < -0.39 is 12.5 Å². The number of alkyl halides is 2. The Hall–Kier alpha value is -0.710. The lowest BCUT2D eigenvalue weighted by atomic mass is 10.3. The zero-order chi connectivity index (χ0) is 11.1. The zero-order valence-corrected chi connectivity index (χ0v) is 8.81. The van der Waals surface area contributed by atoms with Gasteiger partial charge in [0.25, 0.3) is 6.43 Å². The number of hydrogen-bond acceptors (Lipinski definition) is 2. The van der Waals surface area contributed by atoms with Gasteiger partial charge in [0.2, 0.25) is 5.91 Å². The summed E-state index contributed by atoms with van der Waals surface area (Å²) in [6, 6.07) is -0.767. The lowest BCUT2D eigenvalue weighted by Crippen LogP contribution is -2.37. The van der Waals surface area contributed by atoms with Gasteiger partial charge in [-0.25, -0.2) is 8.78 Å². The molecule has 3 nitrogen and oxygen atoms in total. The van der Waals surface area contributed by atoms with Crippen LogP contribution in [-0.2, 0) is 4.79 Å². The molecule has 0 aromatic rings. The Kier molecular flexibility index (Phi) is 6.36. The summed E-state index contributed by atoms with van der Waals surface area (Å²) >= 11 is 0. The Balaban J connectivity index is 3.49. The van der Waals surface area contributed by atoms with Crippen molar-refractivity contribution in [3.8, 4) is 0 Å². The van der Waals surface area contributed by atoms with Crippen LogP contribution in [0, 0.1) is 0 Å². The average Bonchev–Trinajstić information content (AvgIpc) is 2.02. The van der Waals surface area contributed by atoms with E-state index in [0.717, 1.165) is 0 Å². The maximum absolute atomic E-state index is 12.0. The smallest absolute Gasteiger partial charge is 0.253 e. The quantitative estimate of drug-likeness (QED) is 0.687. The third-order valence-corrected chi connectivity index (χ3v) is 1.65. The fourth-order valence-corrected chi connectivity index (χ4v) is 0.897. The van der Waals surface area contributed by atoms with Crippen molar-refractivity contribution in [2.75, 3.05) is 6.54 Å². The van der Waals surface area contributed by atoms with Gasteiger partial charge >= 0.3 is 0 Å². The van der Waals surface area contributed by atoms with E-state index in [9.17, 15) is 13.6 Å². The molecule has 1 atom stereocenters. The number of hydrogen-bond donors (Lipinski definition) is 2. The predicted octanol–water partition coefficient (Wildman–Crippen LogP) is 1.14. The van der Waals surface area contributed by atoms with Gasteiger partial charge in [-0.2, -0.15) is 0 Å². The van der Waals surface area contributed by atoms with Crippen LogP contribution in [0.4, 0.5) is 8.78 Å². The number of rotatable bonds is 6. The Morgan fingerprint density at radius 1 is 1.29 bits per heavy atom. The lowest BCUT2D eigenvalue weighted by molar-refractivity contribution is -0.121. The first-order valence-electron chi connectivity index (χ1n) is 4.74. The van der Waals surface area contributed by atoms with Crippen molar-refractivity contribution < 1.29 is 13.6 Å². The summed E-state index contributed by atoms with van der Waals surface area (Å²) in [5.74, 6) is -0.117. The summed E-state index contributed by atoms with van der Waals surface area (Å²) in [6.07, 6.45) is -2.15. The maximum Gasteiger partial charge on any atom is 0.253 e. The third kappa shape index (κ3) is 6.77. The molecule has 14 heavy (non-hydrogen) atoms. The summed E-state index contributed by atoms with van der Waals surface area (Å²) in [7, 11) is 0. The third-order valence-electron chi connectivity index (χ3n) is 1.65. The van der Waals surface area contributed by atoms with Crippen molar-refractivity contribution in [1.82, 2.24) is 10.6 Å². The number of nitrogens with one attached hydrogen (secondary N) is 2. The molecule has 5 heteroatoms. The van der Waals surface area contributed by atoms with Gasteiger partial charge < -0.3 is 10.6 Å². The highest BCUT2D eigenvalue weighted by Gasteiger charge is 2.13. The van der Waals surface area contributed by atoms with Crippen LogP contribution in [0.15, 0.2) is 0 Å². The lowest BCUT2D eigenvalue weighted by Gasteiger charge is -2.13. The van der Waals surface area contributed by atoms with Gasteiger partial charge in [0.05, 0.1) is 6.04 Å². The largest absolute Gasteiger partial charge is 0.354 e. The molecule has 0 heterocycles. The number of carbonyl (C=O) groups excluding carboxylic acids is 1. The summed E-state index contributed by atoms with van der Waals surface area (Å²) in [6.45, 7) is 5.38. The van der Waals surface area contributed by atoms with Crippen LogP contribution in [0.1, 0.15) is 27.2 Å². The second-order valence-corrected chi connectivity index (χ2v) is 3.55. The summed E-state index contributed by atoms with van der Waals surface area (Å²) in [5.41, 5.74) is 0. The molecule has 2 N–H and O–H groups in total. The molecule has 0 saturated carbocycles. The van der Waals surface area contributed by atoms with Gasteiger partial charge in [0.1, 0.15) is 0 Å². The van der Waals surface area contributed by atoms with Crippen molar-refractivity contribution in [1.29, 1.82) is 0 Å². The topological polar surface area (TPSA) is 41.1 Å². The first kappa shape index (κ1) is 13.3. The van der Waals surface area contributed by atoms with E-state index in [-0.39, 0.29) is 24.9 Å². The average molecular weight is 208 g/mol. The van der Waals surface area contributed by atoms with Crippen molar-refractivity contribution in [2.45, 2.75) is 45.7 Å². The summed E-state index contributed by atoms with van der Waals surface area (Å²) < 4.78 is 24.0. The van der Waals surface area contributed by atoms with Gasteiger partial charge in [0.15, 0.2) is 0 Å². The van der Waals surface area contributed by atoms with Gasteiger partial charge in [-0.3, -0.25) is 4.79 Å². The van der Waals surface area contributed by atoms with Crippen LogP contribution in [0.5, 0.6) is 0 Å². The minimum atomic E-state index is -2.39. The molecule has 1 unspecified atom stereocenters. The zero-order valence-electron chi connectivity index (χ0n) is 8.81. The molecule has 0 aliphatic carbocycles. The molecule has 0 aliphatic rings. The molecule has 0 aromatic carbocycles. The molecule has 0 saturated heterocycles. The molecule has 84 valence electrons. The first-order valence-corrected chi connectivity index (χ1v) is 4.74. The van der Waals surface area contributed by atoms with Gasteiger partial charge in [-0.1, -0.05) is 0 Å². The van der Waals surface area contributed by atoms with E-state index in [2.05, 4.69) is 10.6 Å². The predicted molar refractivity (Wildman–Crippen MR) is 51.4 cm³/mol. The Labute approximate surface area is 83.3 Å². The van der Waals surface area contributed by atoms with Gasteiger partial charge in [-0.05, 0) is 20.8 Å². The number of carbonyl (C=O) groups is 1. The minimum absolute atomic E-state index is 0.0926. The Morgan fingerprint density at radius 3 is 2.29 bits per heavy atom. The van der Waals surface area contributed by atoms with Gasteiger partial charge in [0, 0.05) is 19.0 Å². The second-order valence-electron chi connectivity index (χ2n) is 3.55. The molecule has 0 spiro atoms. The van der Waals surface area contributed by atoms with Crippen LogP contribution < -0.4 is 10.6 Å². The molecule has 1 amide bonds. The monoisotopic (exact) mass is 208 g/mol. The standard InChI is InChI=1S/C9H18F2N2O/c1-6(2)13-8(14)4-5-12-7(3)9(10)11/h6-7,9,12H,4-5H2,1-3H3,(H,13,14). The number of halogens is 2. The minimum Gasteiger partial charge on any atom is -0.354 e. The van der Waals surface area contributed by atoms with E-state index >= 15 is 0 Å². The Bertz CT molecular complexity index is 174. The van der Waals surface area contributed by atoms with Crippen molar-refractivity contribution in [2.24, 2.45) is 0 Å². The van der Waals surface area contributed by atoms with Crippen molar-refractivity contribution >= 4 is 5.91 Å². The SMILES string of the molecule is CC(C)NC(=O)CCNC(C)C(F)F. The van der Waals surface area contributed by atoms with Crippen molar-refractivity contribution in [3.63, 3.8) is 0 Å². The van der Waals surface area contributed by atoms with Gasteiger partial charge in [-0.15, -0.1) is 0 Å². The first-order chi connectivity index (χ1) is 6.43. The van der Waals surface area contributed by atoms with E-state index in [0.29, 0.717) is 0 Å². The molecular formula is C9H18F2N2O.